The first-order valence-corrected chi connectivity index (χ1v) is 14.4. The zero-order chi connectivity index (χ0) is 28.2. The lowest BCUT2D eigenvalue weighted by atomic mass is 9.95. The quantitative estimate of drug-likeness (QED) is 0.119. The fraction of sp³-hybridized carbons (Fsp3) is 0.500. The number of amides is 1. The van der Waals surface area contributed by atoms with Crippen molar-refractivity contribution in [2.24, 2.45) is 0 Å². The predicted molar refractivity (Wildman–Crippen MR) is 155 cm³/mol. The summed E-state index contributed by atoms with van der Waals surface area (Å²) in [4.78, 5) is 30.5. The van der Waals surface area contributed by atoms with Crippen molar-refractivity contribution in [1.29, 1.82) is 0 Å². The van der Waals surface area contributed by atoms with E-state index in [1.807, 2.05) is 31.2 Å². The zero-order valence-corrected chi connectivity index (χ0v) is 23.9. The number of unbranched alkanes of at least 4 members (excludes halogenated alkanes) is 2. The van der Waals surface area contributed by atoms with E-state index in [4.69, 9.17) is 9.47 Å². The molecular formula is C32H44N2O5. The largest absolute Gasteiger partial charge is 0.507 e. The molecule has 1 N–H and O–H groups in total. The number of rotatable bonds is 16. The van der Waals surface area contributed by atoms with Crippen LogP contribution in [0.1, 0.15) is 77.0 Å². The molecule has 0 radical (unpaired) electrons. The molecule has 39 heavy (non-hydrogen) atoms. The number of hydrogen-bond donors (Lipinski definition) is 1. The van der Waals surface area contributed by atoms with Crippen LogP contribution in [0.2, 0.25) is 0 Å². The predicted octanol–water partition coefficient (Wildman–Crippen LogP) is 6.20. The standard InChI is InChI=1S/C32H44N2O5/c1-5-9-10-23-39-27-16-12-24(13-17-27)29-28(30(35)25-14-18-26(19-15-25)38-22-6-2)31(36)32(37)34(29)21-11-20-33(7-3)8-4/h12-19,29,35H,5-11,20-23H2,1-4H3. The van der Waals surface area contributed by atoms with Crippen molar-refractivity contribution in [1.82, 2.24) is 9.80 Å². The number of Topliss-reactive ketones (excluding diaryl/α,β-unsaturated/α-hetero) is 1. The summed E-state index contributed by atoms with van der Waals surface area (Å²) in [5.74, 6) is 0.0225. The molecule has 1 atom stereocenters. The molecular weight excluding hydrogens is 492 g/mol. The van der Waals surface area contributed by atoms with E-state index in [9.17, 15) is 14.7 Å². The number of ether oxygens (including phenoxy) is 2. The molecule has 1 aliphatic rings. The Kier molecular flexibility index (Phi) is 11.9. The average molecular weight is 537 g/mol. The molecule has 7 heteroatoms. The molecule has 2 aromatic rings. The molecule has 1 saturated heterocycles. The number of nitrogens with zero attached hydrogens (tertiary/aromatic N) is 2. The third kappa shape index (κ3) is 7.85. The summed E-state index contributed by atoms with van der Waals surface area (Å²) in [5.41, 5.74) is 1.35. The number of likely N-dealkylation sites (tertiary alicyclic amines) is 1. The minimum Gasteiger partial charge on any atom is -0.507 e. The lowest BCUT2D eigenvalue weighted by molar-refractivity contribution is -0.140. The Morgan fingerprint density at radius 1 is 0.821 bits per heavy atom. The van der Waals surface area contributed by atoms with E-state index in [1.165, 1.54) is 0 Å². The van der Waals surface area contributed by atoms with Crippen LogP contribution in [0.15, 0.2) is 54.1 Å². The van der Waals surface area contributed by atoms with Gasteiger partial charge in [0.05, 0.1) is 24.8 Å². The molecule has 0 aliphatic carbocycles. The van der Waals surface area contributed by atoms with Gasteiger partial charge in [0, 0.05) is 12.1 Å². The number of carbonyl (C=O) groups excluding carboxylic acids is 2. The van der Waals surface area contributed by atoms with Crippen molar-refractivity contribution < 1.29 is 24.2 Å². The number of carbonyl (C=O) groups is 2. The van der Waals surface area contributed by atoms with E-state index in [2.05, 4.69) is 25.7 Å². The van der Waals surface area contributed by atoms with Crippen LogP contribution in [0.3, 0.4) is 0 Å². The molecule has 0 spiro atoms. The average Bonchev–Trinajstić information content (AvgIpc) is 3.21. The summed E-state index contributed by atoms with van der Waals surface area (Å²) in [5, 5.41) is 11.3. The van der Waals surface area contributed by atoms with Crippen molar-refractivity contribution in [3.63, 3.8) is 0 Å². The van der Waals surface area contributed by atoms with Crippen LogP contribution in [0, 0.1) is 0 Å². The van der Waals surface area contributed by atoms with Gasteiger partial charge in [0.2, 0.25) is 0 Å². The molecule has 1 aliphatic heterocycles. The van der Waals surface area contributed by atoms with Gasteiger partial charge >= 0.3 is 0 Å². The van der Waals surface area contributed by atoms with E-state index in [-0.39, 0.29) is 11.3 Å². The lowest BCUT2D eigenvalue weighted by Gasteiger charge is -2.27. The Hall–Kier alpha value is -3.32. The first-order valence-electron chi connectivity index (χ1n) is 14.4. The van der Waals surface area contributed by atoms with E-state index in [0.717, 1.165) is 63.1 Å². The van der Waals surface area contributed by atoms with Crippen LogP contribution < -0.4 is 9.47 Å². The van der Waals surface area contributed by atoms with Crippen LogP contribution in [-0.2, 0) is 9.59 Å². The van der Waals surface area contributed by atoms with Crippen molar-refractivity contribution in [2.45, 2.75) is 65.8 Å². The van der Waals surface area contributed by atoms with Gasteiger partial charge in [-0.15, -0.1) is 0 Å². The number of aliphatic hydroxyl groups excluding tert-OH is 1. The van der Waals surface area contributed by atoms with Gasteiger partial charge in [0.1, 0.15) is 17.3 Å². The Balaban J connectivity index is 1.93. The Morgan fingerprint density at radius 2 is 1.44 bits per heavy atom. The molecule has 0 aromatic heterocycles. The summed E-state index contributed by atoms with van der Waals surface area (Å²) >= 11 is 0. The molecule has 1 unspecified atom stereocenters. The van der Waals surface area contributed by atoms with Crippen molar-refractivity contribution in [3.8, 4) is 11.5 Å². The summed E-state index contributed by atoms with van der Waals surface area (Å²) in [6, 6.07) is 13.8. The normalized spacial score (nSPS) is 16.7. The van der Waals surface area contributed by atoms with Gasteiger partial charge in [0.25, 0.3) is 11.7 Å². The van der Waals surface area contributed by atoms with Gasteiger partial charge in [0.15, 0.2) is 0 Å². The molecule has 0 bridgehead atoms. The second-order valence-corrected chi connectivity index (χ2v) is 9.87. The molecule has 212 valence electrons. The highest BCUT2D eigenvalue weighted by Crippen LogP contribution is 2.40. The number of benzene rings is 2. The van der Waals surface area contributed by atoms with Gasteiger partial charge in [-0.3, -0.25) is 9.59 Å². The van der Waals surface area contributed by atoms with Crippen LogP contribution in [0.4, 0.5) is 0 Å². The zero-order valence-electron chi connectivity index (χ0n) is 23.9. The van der Waals surface area contributed by atoms with E-state index in [0.29, 0.717) is 31.1 Å². The molecule has 0 saturated carbocycles. The summed E-state index contributed by atoms with van der Waals surface area (Å²) in [6.07, 6.45) is 4.86. The van der Waals surface area contributed by atoms with E-state index < -0.39 is 17.7 Å². The number of hydrogen-bond acceptors (Lipinski definition) is 6. The molecule has 1 heterocycles. The van der Waals surface area contributed by atoms with Crippen LogP contribution in [0.25, 0.3) is 5.76 Å². The first-order chi connectivity index (χ1) is 18.9. The van der Waals surface area contributed by atoms with Gasteiger partial charge in [-0.05, 0) is 80.9 Å². The van der Waals surface area contributed by atoms with Crippen LogP contribution >= 0.6 is 0 Å². The number of aliphatic hydroxyl groups is 1. The third-order valence-corrected chi connectivity index (χ3v) is 7.12. The van der Waals surface area contributed by atoms with E-state index >= 15 is 0 Å². The maximum Gasteiger partial charge on any atom is 0.295 e. The molecule has 7 nitrogen and oxygen atoms in total. The van der Waals surface area contributed by atoms with Gasteiger partial charge in [-0.2, -0.15) is 0 Å². The SMILES string of the molecule is CCCCCOc1ccc(C2C(=C(O)c3ccc(OCCC)cc3)C(=O)C(=O)N2CCCN(CC)CC)cc1. The molecule has 1 amide bonds. The fourth-order valence-corrected chi connectivity index (χ4v) is 4.83. The smallest absolute Gasteiger partial charge is 0.295 e. The summed E-state index contributed by atoms with van der Waals surface area (Å²) in [6.45, 7) is 12.8. The molecule has 2 aromatic carbocycles. The van der Waals surface area contributed by atoms with Crippen molar-refractivity contribution >= 4 is 17.4 Å². The maximum absolute atomic E-state index is 13.3. The maximum atomic E-state index is 13.3. The highest BCUT2D eigenvalue weighted by atomic mass is 16.5. The summed E-state index contributed by atoms with van der Waals surface area (Å²) in [7, 11) is 0. The van der Waals surface area contributed by atoms with E-state index in [1.54, 1.807) is 29.2 Å². The monoisotopic (exact) mass is 536 g/mol. The topological polar surface area (TPSA) is 79.3 Å². The van der Waals surface area contributed by atoms with Gasteiger partial charge in [-0.25, -0.2) is 0 Å². The molecule has 3 rings (SSSR count). The third-order valence-electron chi connectivity index (χ3n) is 7.12. The number of ketones is 1. The lowest BCUT2D eigenvalue weighted by Crippen LogP contribution is -2.33. The Bertz CT molecular complexity index is 1090. The summed E-state index contributed by atoms with van der Waals surface area (Å²) < 4.78 is 11.5. The van der Waals surface area contributed by atoms with Crippen molar-refractivity contribution in [3.05, 3.63) is 65.2 Å². The first kappa shape index (κ1) is 30.2. The Labute approximate surface area is 233 Å². The minimum atomic E-state index is -0.674. The Morgan fingerprint density at radius 3 is 2.03 bits per heavy atom. The van der Waals surface area contributed by atoms with Crippen LogP contribution in [0.5, 0.6) is 11.5 Å². The van der Waals surface area contributed by atoms with Gasteiger partial charge in [-0.1, -0.05) is 52.7 Å². The second kappa shape index (κ2) is 15.3. The molecule has 1 fully saturated rings. The van der Waals surface area contributed by atoms with Crippen molar-refractivity contribution in [2.75, 3.05) is 39.4 Å². The second-order valence-electron chi connectivity index (χ2n) is 9.87. The fourth-order valence-electron chi connectivity index (χ4n) is 4.83. The minimum absolute atomic E-state index is 0.113. The van der Waals surface area contributed by atoms with Crippen LogP contribution in [-0.4, -0.2) is 66.0 Å². The highest BCUT2D eigenvalue weighted by molar-refractivity contribution is 6.46. The van der Waals surface area contributed by atoms with Gasteiger partial charge < -0.3 is 24.4 Å². The highest BCUT2D eigenvalue weighted by Gasteiger charge is 2.45.